The molecule has 1 saturated carbocycles. The molecular formula is C30H31N3O4. The quantitative estimate of drug-likeness (QED) is 0.212. The number of carbonyl (C=O) groups is 2. The zero-order chi connectivity index (χ0) is 25.6. The van der Waals surface area contributed by atoms with E-state index in [0.29, 0.717) is 24.8 Å². The third kappa shape index (κ3) is 5.50. The summed E-state index contributed by atoms with van der Waals surface area (Å²) in [4.78, 5) is 23.0. The lowest BCUT2D eigenvalue weighted by molar-refractivity contribution is -0.142. The molecule has 37 heavy (non-hydrogen) atoms. The summed E-state index contributed by atoms with van der Waals surface area (Å²) in [5.41, 5.74) is 5.54. The number of benzene rings is 3. The highest BCUT2D eigenvalue weighted by molar-refractivity contribution is 5.88. The SMILES string of the molecule is CCOC(=O)Cc1ccccc1OCc1nn(C2CCCC2)c2ccc(-c3cccc(NC=O)c3)cc12. The number of esters is 1. The lowest BCUT2D eigenvalue weighted by atomic mass is 10.0. The maximum atomic E-state index is 12.1. The fourth-order valence-electron chi connectivity index (χ4n) is 5.08. The van der Waals surface area contributed by atoms with Gasteiger partial charge in [-0.25, -0.2) is 0 Å². The van der Waals surface area contributed by atoms with Crippen molar-refractivity contribution in [1.29, 1.82) is 0 Å². The maximum absolute atomic E-state index is 12.1. The smallest absolute Gasteiger partial charge is 0.310 e. The molecule has 1 heterocycles. The van der Waals surface area contributed by atoms with Crippen molar-refractivity contribution in [3.63, 3.8) is 0 Å². The van der Waals surface area contributed by atoms with Crippen molar-refractivity contribution in [2.45, 2.75) is 51.7 Å². The topological polar surface area (TPSA) is 82.4 Å². The number of anilines is 1. The van der Waals surface area contributed by atoms with E-state index in [9.17, 15) is 9.59 Å². The predicted molar refractivity (Wildman–Crippen MR) is 143 cm³/mol. The minimum atomic E-state index is -0.273. The van der Waals surface area contributed by atoms with Gasteiger partial charge in [0.1, 0.15) is 18.1 Å². The Kier molecular flexibility index (Phi) is 7.49. The summed E-state index contributed by atoms with van der Waals surface area (Å²) < 4.78 is 13.5. The number of hydrogen-bond acceptors (Lipinski definition) is 5. The Labute approximate surface area is 216 Å². The van der Waals surface area contributed by atoms with Crippen LogP contribution < -0.4 is 10.1 Å². The van der Waals surface area contributed by atoms with Crippen LogP contribution in [0.25, 0.3) is 22.0 Å². The number of nitrogens with one attached hydrogen (secondary N) is 1. The van der Waals surface area contributed by atoms with Crippen LogP contribution in [0, 0.1) is 0 Å². The van der Waals surface area contributed by atoms with Crippen molar-refractivity contribution in [2.75, 3.05) is 11.9 Å². The van der Waals surface area contributed by atoms with Gasteiger partial charge in [0.2, 0.25) is 6.41 Å². The highest BCUT2D eigenvalue weighted by Gasteiger charge is 2.22. The molecule has 4 aromatic rings. The van der Waals surface area contributed by atoms with Gasteiger partial charge in [0.25, 0.3) is 0 Å². The molecule has 0 bridgehead atoms. The summed E-state index contributed by atoms with van der Waals surface area (Å²) in [7, 11) is 0. The van der Waals surface area contributed by atoms with E-state index < -0.39 is 0 Å². The zero-order valence-corrected chi connectivity index (χ0v) is 21.0. The molecule has 1 aromatic heterocycles. The Balaban J connectivity index is 1.48. The Morgan fingerprint density at radius 2 is 1.86 bits per heavy atom. The molecule has 5 rings (SSSR count). The second kappa shape index (κ2) is 11.3. The second-order valence-electron chi connectivity index (χ2n) is 9.28. The summed E-state index contributed by atoms with van der Waals surface area (Å²) >= 11 is 0. The van der Waals surface area contributed by atoms with Crippen LogP contribution in [0.4, 0.5) is 5.69 Å². The lowest BCUT2D eigenvalue weighted by Crippen LogP contribution is -2.09. The molecule has 190 valence electrons. The number of aromatic nitrogens is 2. The van der Waals surface area contributed by atoms with Crippen molar-refractivity contribution in [1.82, 2.24) is 9.78 Å². The molecule has 1 aliphatic rings. The van der Waals surface area contributed by atoms with Crippen molar-refractivity contribution in [3.05, 3.63) is 78.0 Å². The largest absolute Gasteiger partial charge is 0.487 e. The first-order chi connectivity index (χ1) is 18.2. The van der Waals surface area contributed by atoms with Gasteiger partial charge in [-0.3, -0.25) is 14.3 Å². The number of hydrogen-bond donors (Lipinski definition) is 1. The predicted octanol–water partition coefficient (Wildman–Crippen LogP) is 6.07. The lowest BCUT2D eigenvalue weighted by Gasteiger charge is -2.12. The van der Waals surface area contributed by atoms with Crippen LogP contribution in [-0.4, -0.2) is 28.8 Å². The molecule has 0 radical (unpaired) electrons. The van der Waals surface area contributed by atoms with Crippen molar-refractivity contribution in [2.24, 2.45) is 0 Å². The van der Waals surface area contributed by atoms with Gasteiger partial charge < -0.3 is 14.8 Å². The van der Waals surface area contributed by atoms with Crippen molar-refractivity contribution >= 4 is 29.0 Å². The molecule has 0 atom stereocenters. The number of nitrogens with zero attached hydrogens (tertiary/aromatic N) is 2. The van der Waals surface area contributed by atoms with E-state index in [0.717, 1.165) is 51.8 Å². The molecular weight excluding hydrogens is 466 g/mol. The molecule has 0 aliphatic heterocycles. The first-order valence-electron chi connectivity index (χ1n) is 12.8. The van der Waals surface area contributed by atoms with Crippen LogP contribution in [0.2, 0.25) is 0 Å². The Morgan fingerprint density at radius 3 is 2.68 bits per heavy atom. The third-order valence-corrected chi connectivity index (χ3v) is 6.85. The summed E-state index contributed by atoms with van der Waals surface area (Å²) in [5.74, 6) is 0.383. The summed E-state index contributed by atoms with van der Waals surface area (Å²) in [6.45, 7) is 2.44. The van der Waals surface area contributed by atoms with Gasteiger partial charge in [0, 0.05) is 16.6 Å². The zero-order valence-electron chi connectivity index (χ0n) is 21.0. The summed E-state index contributed by atoms with van der Waals surface area (Å²) in [6, 6.07) is 22.1. The van der Waals surface area contributed by atoms with E-state index in [1.165, 1.54) is 12.8 Å². The van der Waals surface area contributed by atoms with Crippen LogP contribution in [0.3, 0.4) is 0 Å². The average Bonchev–Trinajstić information content (AvgIpc) is 3.57. The van der Waals surface area contributed by atoms with Gasteiger partial charge in [0.05, 0.1) is 24.6 Å². The molecule has 1 aliphatic carbocycles. The Morgan fingerprint density at radius 1 is 1.05 bits per heavy atom. The fourth-order valence-corrected chi connectivity index (χ4v) is 5.08. The number of amides is 1. The normalized spacial score (nSPS) is 13.5. The third-order valence-electron chi connectivity index (χ3n) is 6.85. The van der Waals surface area contributed by atoms with Crippen LogP contribution in [0.15, 0.2) is 66.7 Å². The molecule has 0 unspecified atom stereocenters. The number of ether oxygens (including phenoxy) is 2. The average molecular weight is 498 g/mol. The van der Waals surface area contributed by atoms with E-state index in [2.05, 4.69) is 28.2 Å². The minimum Gasteiger partial charge on any atom is -0.487 e. The van der Waals surface area contributed by atoms with Gasteiger partial charge in [-0.2, -0.15) is 5.10 Å². The molecule has 7 heteroatoms. The number of fused-ring (bicyclic) bond motifs is 1. The van der Waals surface area contributed by atoms with E-state index in [-0.39, 0.29) is 19.0 Å². The van der Waals surface area contributed by atoms with Crippen LogP contribution in [0.1, 0.15) is 49.9 Å². The highest BCUT2D eigenvalue weighted by Crippen LogP contribution is 2.35. The van der Waals surface area contributed by atoms with Gasteiger partial charge in [0.15, 0.2) is 0 Å². The number of carbonyl (C=O) groups excluding carboxylic acids is 2. The maximum Gasteiger partial charge on any atom is 0.310 e. The second-order valence-corrected chi connectivity index (χ2v) is 9.28. The first kappa shape index (κ1) is 24.6. The fraction of sp³-hybridized carbons (Fsp3) is 0.300. The summed E-state index contributed by atoms with van der Waals surface area (Å²) in [6.07, 6.45) is 5.53. The number of rotatable bonds is 10. The highest BCUT2D eigenvalue weighted by atomic mass is 16.5. The molecule has 3 aromatic carbocycles. The molecule has 1 N–H and O–H groups in total. The van der Waals surface area contributed by atoms with Gasteiger partial charge in [-0.15, -0.1) is 0 Å². The monoisotopic (exact) mass is 497 g/mol. The Hall–Kier alpha value is -4.13. The molecule has 1 fully saturated rings. The van der Waals surface area contributed by atoms with E-state index in [1.807, 2.05) is 48.5 Å². The first-order valence-corrected chi connectivity index (χ1v) is 12.8. The van der Waals surface area contributed by atoms with E-state index in [4.69, 9.17) is 14.6 Å². The molecule has 7 nitrogen and oxygen atoms in total. The van der Waals surface area contributed by atoms with Crippen LogP contribution >= 0.6 is 0 Å². The van der Waals surface area contributed by atoms with Gasteiger partial charge in [-0.1, -0.05) is 49.2 Å². The summed E-state index contributed by atoms with van der Waals surface area (Å²) in [5, 5.41) is 8.79. The number of para-hydroxylation sites is 1. The van der Waals surface area contributed by atoms with E-state index in [1.54, 1.807) is 6.92 Å². The molecule has 0 saturated heterocycles. The van der Waals surface area contributed by atoms with Crippen LogP contribution in [-0.2, 0) is 27.4 Å². The molecule has 1 amide bonds. The van der Waals surface area contributed by atoms with Gasteiger partial charge in [-0.05, 0) is 61.2 Å². The standard InChI is InChI=1S/C30H31N3O4/c1-2-36-30(35)18-23-8-3-6-13-29(23)37-19-27-26-17-22(21-9-7-10-24(16-21)31-20-34)14-15-28(26)33(32-27)25-11-4-5-12-25/h3,6-10,13-17,20,25H,2,4-5,11-12,18-19H2,1H3,(H,31,34). The van der Waals surface area contributed by atoms with Crippen molar-refractivity contribution < 1.29 is 19.1 Å². The minimum absolute atomic E-state index is 0.163. The van der Waals surface area contributed by atoms with Crippen LogP contribution in [0.5, 0.6) is 5.75 Å². The van der Waals surface area contributed by atoms with Gasteiger partial charge >= 0.3 is 5.97 Å². The Bertz CT molecular complexity index is 1410. The molecule has 0 spiro atoms. The van der Waals surface area contributed by atoms with E-state index >= 15 is 0 Å². The van der Waals surface area contributed by atoms with Crippen molar-refractivity contribution in [3.8, 4) is 16.9 Å².